The molecule has 7 nitrogen and oxygen atoms in total. The van der Waals surface area contributed by atoms with Crippen LogP contribution in [0.3, 0.4) is 0 Å². The van der Waals surface area contributed by atoms with Gasteiger partial charge in [0.2, 0.25) is 0 Å². The second kappa shape index (κ2) is 9.52. The van der Waals surface area contributed by atoms with Crippen LogP contribution in [-0.2, 0) is 6.54 Å². The van der Waals surface area contributed by atoms with E-state index in [1.54, 1.807) is 7.11 Å². The highest BCUT2D eigenvalue weighted by atomic mass is 16.5. The molecule has 30 heavy (non-hydrogen) atoms. The minimum atomic E-state index is 0.881. The number of aliphatic imine (C=N–C) groups is 1. The quantitative estimate of drug-likeness (QED) is 0.388. The number of para-hydroxylation sites is 4. The van der Waals surface area contributed by atoms with Gasteiger partial charge < -0.3 is 24.4 Å². The van der Waals surface area contributed by atoms with Gasteiger partial charge in [-0.2, -0.15) is 0 Å². The van der Waals surface area contributed by atoms with Crippen molar-refractivity contribution in [2.24, 2.45) is 4.99 Å². The van der Waals surface area contributed by atoms with Crippen LogP contribution in [0.25, 0.3) is 11.0 Å². The monoisotopic (exact) mass is 406 g/mol. The summed E-state index contributed by atoms with van der Waals surface area (Å²) in [4.78, 5) is 13.7. The fourth-order valence-corrected chi connectivity index (χ4v) is 4.02. The maximum atomic E-state index is 5.52. The molecule has 3 aromatic rings. The molecule has 158 valence electrons. The summed E-state index contributed by atoms with van der Waals surface area (Å²) in [6, 6.07) is 16.5. The van der Waals surface area contributed by atoms with Crippen molar-refractivity contribution in [3.8, 4) is 5.75 Å². The van der Waals surface area contributed by atoms with Gasteiger partial charge in [0.1, 0.15) is 5.75 Å². The Balaban J connectivity index is 1.26. The Kier molecular flexibility index (Phi) is 6.37. The second-order valence-electron chi connectivity index (χ2n) is 7.40. The van der Waals surface area contributed by atoms with Crippen molar-refractivity contribution in [3.63, 3.8) is 0 Å². The first-order chi connectivity index (χ1) is 14.8. The number of methoxy groups -OCH3 is 1. The third-order valence-electron chi connectivity index (χ3n) is 5.60. The highest BCUT2D eigenvalue weighted by molar-refractivity contribution is 5.80. The van der Waals surface area contributed by atoms with E-state index in [1.165, 1.54) is 5.52 Å². The van der Waals surface area contributed by atoms with Gasteiger partial charge in [0, 0.05) is 46.3 Å². The zero-order valence-corrected chi connectivity index (χ0v) is 17.8. The molecular formula is C23H30N6O. The SMILES string of the molecule is CN=C(NCCCn1cnc2ccccc21)N1CCN(c2ccccc2OC)CC1. The molecule has 0 radical (unpaired) electrons. The molecule has 1 aliphatic heterocycles. The van der Waals surface area contributed by atoms with Crippen molar-refractivity contribution in [2.75, 3.05) is 51.8 Å². The van der Waals surface area contributed by atoms with E-state index in [9.17, 15) is 0 Å². The largest absolute Gasteiger partial charge is 0.495 e. The maximum Gasteiger partial charge on any atom is 0.193 e. The van der Waals surface area contributed by atoms with Crippen LogP contribution in [0, 0.1) is 0 Å². The number of aromatic nitrogens is 2. The van der Waals surface area contributed by atoms with Gasteiger partial charge in [0.15, 0.2) is 5.96 Å². The third kappa shape index (κ3) is 4.35. The van der Waals surface area contributed by atoms with Crippen molar-refractivity contribution < 1.29 is 4.74 Å². The van der Waals surface area contributed by atoms with E-state index in [-0.39, 0.29) is 0 Å². The molecule has 7 heteroatoms. The number of hydrogen-bond donors (Lipinski definition) is 1. The van der Waals surface area contributed by atoms with Gasteiger partial charge in [0.25, 0.3) is 0 Å². The Morgan fingerprint density at radius 2 is 1.83 bits per heavy atom. The Labute approximate surface area is 178 Å². The first-order valence-electron chi connectivity index (χ1n) is 10.5. The number of ether oxygens (including phenoxy) is 1. The molecule has 2 aromatic carbocycles. The van der Waals surface area contributed by atoms with Crippen LogP contribution in [0.1, 0.15) is 6.42 Å². The van der Waals surface area contributed by atoms with Crippen LogP contribution >= 0.6 is 0 Å². The van der Waals surface area contributed by atoms with Gasteiger partial charge in [-0.15, -0.1) is 0 Å². The minimum Gasteiger partial charge on any atom is -0.495 e. The molecule has 1 saturated heterocycles. The number of aryl methyl sites for hydroxylation is 1. The second-order valence-corrected chi connectivity index (χ2v) is 7.40. The summed E-state index contributed by atoms with van der Waals surface area (Å²) in [5, 5.41) is 3.53. The zero-order chi connectivity index (χ0) is 20.8. The molecule has 1 N–H and O–H groups in total. The average molecular weight is 407 g/mol. The van der Waals surface area contributed by atoms with Crippen molar-refractivity contribution in [3.05, 3.63) is 54.9 Å². The predicted octanol–water partition coefficient (Wildman–Crippen LogP) is 2.83. The summed E-state index contributed by atoms with van der Waals surface area (Å²) in [6.45, 7) is 5.58. The molecule has 0 aliphatic carbocycles. The molecule has 0 atom stereocenters. The lowest BCUT2D eigenvalue weighted by Crippen LogP contribution is -2.52. The molecule has 0 saturated carbocycles. The fraction of sp³-hybridized carbons (Fsp3) is 0.391. The number of fused-ring (bicyclic) bond motifs is 1. The van der Waals surface area contributed by atoms with E-state index in [2.05, 4.69) is 60.0 Å². The smallest absolute Gasteiger partial charge is 0.193 e. The number of piperazine rings is 1. The summed E-state index contributed by atoms with van der Waals surface area (Å²) in [5.41, 5.74) is 3.40. The summed E-state index contributed by atoms with van der Waals surface area (Å²) >= 11 is 0. The van der Waals surface area contributed by atoms with Gasteiger partial charge in [-0.1, -0.05) is 24.3 Å². The minimum absolute atomic E-state index is 0.881. The topological polar surface area (TPSA) is 57.9 Å². The fourth-order valence-electron chi connectivity index (χ4n) is 4.02. The molecular weight excluding hydrogens is 376 g/mol. The standard InChI is InChI=1S/C23H30N6O/c1-24-23(25-12-7-13-29-18-26-19-8-3-4-9-20(19)29)28-16-14-27(15-17-28)21-10-5-6-11-22(21)30-2/h3-6,8-11,18H,7,12-17H2,1-2H3,(H,24,25). The van der Waals surface area contributed by atoms with Crippen LogP contribution in [0.4, 0.5) is 5.69 Å². The van der Waals surface area contributed by atoms with Gasteiger partial charge in [-0.25, -0.2) is 4.98 Å². The number of nitrogens with one attached hydrogen (secondary N) is 1. The summed E-state index contributed by atoms with van der Waals surface area (Å²) in [5.74, 6) is 1.91. The van der Waals surface area contributed by atoms with Gasteiger partial charge in [0.05, 0.1) is 30.2 Å². The molecule has 1 aliphatic rings. The number of guanidine groups is 1. The van der Waals surface area contributed by atoms with Crippen molar-refractivity contribution >= 4 is 22.7 Å². The first kappa shape index (κ1) is 20.1. The molecule has 1 aromatic heterocycles. The van der Waals surface area contributed by atoms with E-state index in [0.29, 0.717) is 0 Å². The van der Waals surface area contributed by atoms with Crippen LogP contribution in [0.5, 0.6) is 5.75 Å². The molecule has 0 amide bonds. The summed E-state index contributed by atoms with van der Waals surface area (Å²) in [6.07, 6.45) is 2.94. The number of benzene rings is 2. The van der Waals surface area contributed by atoms with Gasteiger partial charge >= 0.3 is 0 Å². The van der Waals surface area contributed by atoms with E-state index in [0.717, 1.165) is 68.6 Å². The van der Waals surface area contributed by atoms with Crippen molar-refractivity contribution in [2.45, 2.75) is 13.0 Å². The first-order valence-corrected chi connectivity index (χ1v) is 10.5. The maximum absolute atomic E-state index is 5.52. The molecule has 2 heterocycles. The molecule has 0 spiro atoms. The van der Waals surface area contributed by atoms with Crippen LogP contribution in [0.2, 0.25) is 0 Å². The summed E-state index contributed by atoms with van der Waals surface area (Å²) < 4.78 is 7.73. The van der Waals surface area contributed by atoms with E-state index >= 15 is 0 Å². The van der Waals surface area contributed by atoms with Crippen LogP contribution in [0.15, 0.2) is 59.9 Å². The molecule has 0 unspecified atom stereocenters. The Bertz CT molecular complexity index is 990. The lowest BCUT2D eigenvalue weighted by atomic mass is 10.2. The van der Waals surface area contributed by atoms with Crippen molar-refractivity contribution in [1.29, 1.82) is 0 Å². The van der Waals surface area contributed by atoms with Gasteiger partial charge in [-0.3, -0.25) is 4.99 Å². The van der Waals surface area contributed by atoms with E-state index in [4.69, 9.17) is 4.74 Å². The lowest BCUT2D eigenvalue weighted by Gasteiger charge is -2.38. The van der Waals surface area contributed by atoms with Crippen LogP contribution in [-0.4, -0.2) is 67.3 Å². The number of hydrogen-bond acceptors (Lipinski definition) is 4. The third-order valence-corrected chi connectivity index (χ3v) is 5.60. The number of nitrogens with zero attached hydrogens (tertiary/aromatic N) is 5. The lowest BCUT2D eigenvalue weighted by molar-refractivity contribution is 0.366. The van der Waals surface area contributed by atoms with E-state index in [1.807, 2.05) is 31.6 Å². The average Bonchev–Trinajstić information content (AvgIpc) is 3.22. The number of imidazole rings is 1. The van der Waals surface area contributed by atoms with Gasteiger partial charge in [-0.05, 0) is 30.7 Å². The molecule has 1 fully saturated rings. The highest BCUT2D eigenvalue weighted by Gasteiger charge is 2.21. The molecule has 4 rings (SSSR count). The predicted molar refractivity (Wildman–Crippen MR) is 122 cm³/mol. The normalized spacial score (nSPS) is 14.9. The van der Waals surface area contributed by atoms with Crippen LogP contribution < -0.4 is 15.0 Å². The summed E-state index contributed by atoms with van der Waals surface area (Å²) in [7, 11) is 3.59. The Hall–Kier alpha value is -3.22. The Morgan fingerprint density at radius 1 is 1.07 bits per heavy atom. The number of anilines is 1. The van der Waals surface area contributed by atoms with E-state index < -0.39 is 0 Å². The zero-order valence-electron chi connectivity index (χ0n) is 17.8. The highest BCUT2D eigenvalue weighted by Crippen LogP contribution is 2.28. The number of rotatable bonds is 6. The Morgan fingerprint density at radius 3 is 2.63 bits per heavy atom. The molecule has 0 bridgehead atoms. The van der Waals surface area contributed by atoms with Crippen molar-refractivity contribution in [1.82, 2.24) is 19.8 Å².